The Bertz CT molecular complexity index is 1120. The van der Waals surface area contributed by atoms with E-state index in [-0.39, 0.29) is 40.8 Å². The van der Waals surface area contributed by atoms with Crippen molar-refractivity contribution in [1.82, 2.24) is 14.9 Å². The Morgan fingerprint density at radius 3 is 2.70 bits per heavy atom. The number of hydrogen-bond donors (Lipinski definition) is 1. The Morgan fingerprint density at radius 1 is 1.24 bits per heavy atom. The SMILES string of the molecule is CCCCCCCOC(=O)N1CC2COCC(C1)C2Oc1ncnc(Nc2ccc(C#N)cc2Cl)c1F. The first-order valence-electron chi connectivity index (χ1n) is 12.6. The van der Waals surface area contributed by atoms with Crippen molar-refractivity contribution in [1.29, 1.82) is 5.26 Å². The molecule has 9 nitrogen and oxygen atoms in total. The molecule has 2 saturated heterocycles. The lowest BCUT2D eigenvalue weighted by Gasteiger charge is -2.45. The van der Waals surface area contributed by atoms with Gasteiger partial charge in [0.25, 0.3) is 5.88 Å². The average molecular weight is 532 g/mol. The van der Waals surface area contributed by atoms with E-state index in [0.717, 1.165) is 19.3 Å². The Kier molecular flexibility index (Phi) is 9.36. The van der Waals surface area contributed by atoms with Crippen LogP contribution in [0.2, 0.25) is 5.02 Å². The predicted molar refractivity (Wildman–Crippen MR) is 135 cm³/mol. The highest BCUT2D eigenvalue weighted by molar-refractivity contribution is 6.33. The number of rotatable bonds is 10. The molecule has 1 N–H and O–H groups in total. The maximum Gasteiger partial charge on any atom is 0.409 e. The average Bonchev–Trinajstić information content (AvgIpc) is 2.89. The van der Waals surface area contributed by atoms with Crippen LogP contribution in [-0.4, -0.2) is 60.0 Å². The third-order valence-corrected chi connectivity index (χ3v) is 6.90. The molecular formula is C26H31ClFN5O4. The second kappa shape index (κ2) is 12.9. The van der Waals surface area contributed by atoms with Gasteiger partial charge < -0.3 is 24.4 Å². The zero-order chi connectivity index (χ0) is 26.2. The molecule has 2 aliphatic heterocycles. The third kappa shape index (κ3) is 6.79. The number of piperidine rings is 1. The number of hydrogen-bond acceptors (Lipinski definition) is 8. The summed E-state index contributed by atoms with van der Waals surface area (Å²) in [6.07, 6.45) is 5.93. The molecule has 3 heterocycles. The lowest BCUT2D eigenvalue weighted by molar-refractivity contribution is -0.110. The minimum atomic E-state index is -0.758. The highest BCUT2D eigenvalue weighted by atomic mass is 35.5. The van der Waals surface area contributed by atoms with Crippen molar-refractivity contribution in [3.05, 3.63) is 40.9 Å². The van der Waals surface area contributed by atoms with Gasteiger partial charge >= 0.3 is 6.09 Å². The minimum absolute atomic E-state index is 0.0991. The van der Waals surface area contributed by atoms with Gasteiger partial charge in [-0.2, -0.15) is 14.6 Å². The number of anilines is 2. The number of carbonyl (C=O) groups excluding carboxylic acids is 1. The molecule has 2 aliphatic rings. The molecule has 4 rings (SSSR count). The van der Waals surface area contributed by atoms with Crippen molar-refractivity contribution >= 4 is 29.2 Å². The molecule has 0 aliphatic carbocycles. The van der Waals surface area contributed by atoms with Gasteiger partial charge in [-0.05, 0) is 24.6 Å². The molecular weight excluding hydrogens is 501 g/mol. The van der Waals surface area contributed by atoms with Crippen molar-refractivity contribution in [2.45, 2.75) is 45.1 Å². The highest BCUT2D eigenvalue weighted by Gasteiger charge is 2.44. The number of amides is 1. The Balaban J connectivity index is 1.37. The predicted octanol–water partition coefficient (Wildman–Crippen LogP) is 5.32. The molecule has 1 aromatic carbocycles. The van der Waals surface area contributed by atoms with E-state index in [1.165, 1.54) is 25.2 Å². The second-order valence-corrected chi connectivity index (χ2v) is 9.75. The fourth-order valence-corrected chi connectivity index (χ4v) is 4.89. The standard InChI is InChI=1S/C26H31ClFN5O4/c1-2-3-4-5-6-9-36-26(34)33-12-18-14-35-15-19(13-33)23(18)37-25-22(28)24(30-16-31-25)32-21-8-7-17(11-29)10-20(21)27/h7-8,10,16,18-19,23H,2-6,9,12-15H2,1H3,(H,30,31,32). The summed E-state index contributed by atoms with van der Waals surface area (Å²) in [5.41, 5.74) is 0.783. The number of benzene rings is 1. The number of carbonyl (C=O) groups is 1. The smallest absolute Gasteiger partial charge is 0.409 e. The van der Waals surface area contributed by atoms with Gasteiger partial charge in [-0.15, -0.1) is 0 Å². The molecule has 0 radical (unpaired) electrons. The van der Waals surface area contributed by atoms with Crippen LogP contribution in [-0.2, 0) is 9.47 Å². The molecule has 2 atom stereocenters. The summed E-state index contributed by atoms with van der Waals surface area (Å²) < 4.78 is 32.5. The summed E-state index contributed by atoms with van der Waals surface area (Å²) in [5, 5.41) is 12.1. The summed E-state index contributed by atoms with van der Waals surface area (Å²) >= 11 is 6.20. The Morgan fingerprint density at radius 2 is 2.00 bits per heavy atom. The molecule has 11 heteroatoms. The maximum absolute atomic E-state index is 15.3. The molecule has 0 spiro atoms. The zero-order valence-electron chi connectivity index (χ0n) is 20.8. The first-order chi connectivity index (χ1) is 18.0. The van der Waals surface area contributed by atoms with Crippen molar-refractivity contribution in [2.24, 2.45) is 11.8 Å². The van der Waals surface area contributed by atoms with Crippen molar-refractivity contribution in [3.8, 4) is 11.9 Å². The summed E-state index contributed by atoms with van der Waals surface area (Å²) in [7, 11) is 0. The van der Waals surface area contributed by atoms with Crippen LogP contribution in [0.5, 0.6) is 5.88 Å². The maximum atomic E-state index is 15.3. The van der Waals surface area contributed by atoms with E-state index in [9.17, 15) is 4.79 Å². The molecule has 2 bridgehead atoms. The van der Waals surface area contributed by atoms with Gasteiger partial charge in [0, 0.05) is 24.9 Å². The number of nitrogens with zero attached hydrogens (tertiary/aromatic N) is 4. The molecule has 2 fully saturated rings. The van der Waals surface area contributed by atoms with Gasteiger partial charge in [0.15, 0.2) is 5.82 Å². The molecule has 0 saturated carbocycles. The highest BCUT2D eigenvalue weighted by Crippen LogP contribution is 2.34. The van der Waals surface area contributed by atoms with Gasteiger partial charge in [-0.25, -0.2) is 9.78 Å². The molecule has 1 amide bonds. The Labute approximate surface area is 220 Å². The number of nitrogens with one attached hydrogen (secondary N) is 1. The third-order valence-electron chi connectivity index (χ3n) is 6.59. The quantitative estimate of drug-likeness (QED) is 0.410. The van der Waals surface area contributed by atoms with Crippen LogP contribution in [0.4, 0.5) is 20.7 Å². The number of likely N-dealkylation sites (tertiary alicyclic amines) is 1. The number of aromatic nitrogens is 2. The summed E-state index contributed by atoms with van der Waals surface area (Å²) in [6, 6.07) is 6.62. The number of halogens is 2. The van der Waals surface area contributed by atoms with Crippen LogP contribution in [0.25, 0.3) is 0 Å². The topological polar surface area (TPSA) is 110 Å². The largest absolute Gasteiger partial charge is 0.471 e. The molecule has 2 unspecified atom stereocenters. The summed E-state index contributed by atoms with van der Waals surface area (Å²) in [4.78, 5) is 22.3. The van der Waals surface area contributed by atoms with Crippen molar-refractivity contribution < 1.29 is 23.4 Å². The van der Waals surface area contributed by atoms with Crippen LogP contribution in [0, 0.1) is 29.0 Å². The van der Waals surface area contributed by atoms with Crippen molar-refractivity contribution in [2.75, 3.05) is 38.2 Å². The molecule has 1 aromatic heterocycles. The number of nitriles is 1. The second-order valence-electron chi connectivity index (χ2n) is 9.35. The van der Waals surface area contributed by atoms with Crippen LogP contribution in [0.1, 0.15) is 44.6 Å². The normalized spacial score (nSPS) is 20.7. The summed E-state index contributed by atoms with van der Waals surface area (Å²) in [5.74, 6) is -1.34. The van der Waals surface area contributed by atoms with E-state index in [1.54, 1.807) is 17.0 Å². The van der Waals surface area contributed by atoms with E-state index in [1.807, 2.05) is 6.07 Å². The van der Waals surface area contributed by atoms with E-state index in [2.05, 4.69) is 22.2 Å². The fraction of sp³-hybridized carbons (Fsp3) is 0.538. The minimum Gasteiger partial charge on any atom is -0.471 e. The monoisotopic (exact) mass is 531 g/mol. The Hall–Kier alpha value is -3.16. The van der Waals surface area contributed by atoms with Crippen LogP contribution in [0.15, 0.2) is 24.5 Å². The van der Waals surface area contributed by atoms with Gasteiger partial charge in [-0.1, -0.05) is 44.2 Å². The van der Waals surface area contributed by atoms with E-state index in [4.69, 9.17) is 31.1 Å². The van der Waals surface area contributed by atoms with Gasteiger partial charge in [0.2, 0.25) is 5.82 Å². The van der Waals surface area contributed by atoms with Gasteiger partial charge in [-0.3, -0.25) is 0 Å². The molecule has 198 valence electrons. The van der Waals surface area contributed by atoms with Gasteiger partial charge in [0.1, 0.15) is 12.4 Å². The lowest BCUT2D eigenvalue weighted by atomic mass is 9.84. The number of ether oxygens (including phenoxy) is 3. The van der Waals surface area contributed by atoms with Crippen LogP contribution in [0.3, 0.4) is 0 Å². The fourth-order valence-electron chi connectivity index (χ4n) is 4.66. The van der Waals surface area contributed by atoms with Crippen molar-refractivity contribution in [3.63, 3.8) is 0 Å². The molecule has 37 heavy (non-hydrogen) atoms. The zero-order valence-corrected chi connectivity index (χ0v) is 21.5. The van der Waals surface area contributed by atoms with E-state index in [0.29, 0.717) is 44.2 Å². The number of unbranched alkanes of at least 4 members (excludes halogenated alkanes) is 4. The first kappa shape index (κ1) is 26.9. The summed E-state index contributed by atoms with van der Waals surface area (Å²) in [6.45, 7) is 4.15. The van der Waals surface area contributed by atoms with E-state index >= 15 is 4.39 Å². The first-order valence-corrected chi connectivity index (χ1v) is 13.0. The lowest BCUT2D eigenvalue weighted by Crippen LogP contribution is -2.58. The van der Waals surface area contributed by atoms with Crippen LogP contribution >= 0.6 is 11.6 Å². The van der Waals surface area contributed by atoms with Gasteiger partial charge in [0.05, 0.1) is 42.2 Å². The number of fused-ring (bicyclic) bond motifs is 2. The van der Waals surface area contributed by atoms with Crippen LogP contribution < -0.4 is 10.1 Å². The van der Waals surface area contributed by atoms with E-state index < -0.39 is 5.82 Å². The molecule has 2 aromatic rings.